The number of carbonyl (C=O) groups is 1. The SMILES string of the molecule is Cl.Cl.NC1CCC2CN(C(=O)c3cc4sc(Nc5ccccc5)nc4s3)CC12. The molecule has 9 heteroatoms. The molecule has 1 saturated carbocycles. The molecule has 5 rings (SSSR count). The average molecular weight is 457 g/mol. The van der Waals surface area contributed by atoms with Crippen molar-refractivity contribution in [1.29, 1.82) is 0 Å². The molecular formula is C19H22Cl2N4OS2. The maximum absolute atomic E-state index is 12.9. The van der Waals surface area contributed by atoms with Crippen LogP contribution in [0.15, 0.2) is 36.4 Å². The zero-order valence-corrected chi connectivity index (χ0v) is 18.3. The highest BCUT2D eigenvalue weighted by Gasteiger charge is 2.42. The molecule has 3 atom stereocenters. The second kappa shape index (κ2) is 8.55. The minimum Gasteiger partial charge on any atom is -0.337 e. The van der Waals surface area contributed by atoms with E-state index < -0.39 is 0 Å². The normalized spacial score (nSPS) is 23.2. The maximum atomic E-state index is 12.9. The number of rotatable bonds is 3. The molecule has 1 saturated heterocycles. The Balaban J connectivity index is 0.00000112. The number of anilines is 2. The van der Waals surface area contributed by atoms with E-state index in [1.165, 1.54) is 11.3 Å². The molecule has 1 amide bonds. The number of nitrogens with two attached hydrogens (primary N) is 1. The number of hydrogen-bond donors (Lipinski definition) is 2. The van der Waals surface area contributed by atoms with Gasteiger partial charge in [0.15, 0.2) is 5.13 Å². The van der Waals surface area contributed by atoms with Crippen molar-refractivity contribution in [2.45, 2.75) is 18.9 Å². The molecule has 0 bridgehead atoms. The summed E-state index contributed by atoms with van der Waals surface area (Å²) < 4.78 is 1.06. The van der Waals surface area contributed by atoms with E-state index in [-0.39, 0.29) is 36.8 Å². The Kier molecular flexibility index (Phi) is 6.51. The van der Waals surface area contributed by atoms with E-state index in [0.717, 1.165) is 51.2 Å². The van der Waals surface area contributed by atoms with E-state index in [9.17, 15) is 4.79 Å². The molecule has 2 aromatic heterocycles. The number of benzene rings is 1. The average Bonchev–Trinajstić information content (AvgIpc) is 3.37. The number of nitrogens with one attached hydrogen (secondary N) is 1. The predicted molar refractivity (Wildman–Crippen MR) is 122 cm³/mol. The zero-order valence-electron chi connectivity index (χ0n) is 15.0. The largest absolute Gasteiger partial charge is 0.337 e. The molecule has 2 aliphatic rings. The van der Waals surface area contributed by atoms with Gasteiger partial charge in [0.25, 0.3) is 5.91 Å². The Morgan fingerprint density at radius 1 is 1.14 bits per heavy atom. The lowest BCUT2D eigenvalue weighted by molar-refractivity contribution is 0.0784. The van der Waals surface area contributed by atoms with Gasteiger partial charge in [-0.1, -0.05) is 29.5 Å². The van der Waals surface area contributed by atoms with Crippen molar-refractivity contribution in [2.75, 3.05) is 18.4 Å². The number of nitrogens with zero attached hydrogens (tertiary/aromatic N) is 2. The summed E-state index contributed by atoms with van der Waals surface area (Å²) in [4.78, 5) is 21.2. The summed E-state index contributed by atoms with van der Waals surface area (Å²) in [6.07, 6.45) is 2.26. The van der Waals surface area contributed by atoms with Crippen LogP contribution in [0, 0.1) is 11.8 Å². The van der Waals surface area contributed by atoms with Crippen molar-refractivity contribution < 1.29 is 4.79 Å². The number of amides is 1. The van der Waals surface area contributed by atoms with Gasteiger partial charge < -0.3 is 16.0 Å². The van der Waals surface area contributed by atoms with Crippen molar-refractivity contribution in [3.05, 3.63) is 41.3 Å². The second-order valence-corrected chi connectivity index (χ2v) is 9.23. The third-order valence-electron chi connectivity index (χ3n) is 5.52. The van der Waals surface area contributed by atoms with E-state index in [1.54, 1.807) is 11.3 Å². The Labute approximate surface area is 184 Å². The van der Waals surface area contributed by atoms with Crippen LogP contribution in [0.4, 0.5) is 10.8 Å². The van der Waals surface area contributed by atoms with Crippen LogP contribution < -0.4 is 11.1 Å². The number of halogens is 2. The Morgan fingerprint density at radius 2 is 1.93 bits per heavy atom. The van der Waals surface area contributed by atoms with Crippen molar-refractivity contribution in [3.63, 3.8) is 0 Å². The smallest absolute Gasteiger partial charge is 0.264 e. The van der Waals surface area contributed by atoms with Gasteiger partial charge in [-0.2, -0.15) is 0 Å². The summed E-state index contributed by atoms with van der Waals surface area (Å²) in [6, 6.07) is 12.3. The van der Waals surface area contributed by atoms with Gasteiger partial charge in [0, 0.05) is 24.8 Å². The molecule has 3 aromatic rings. The highest BCUT2D eigenvalue weighted by Crippen LogP contribution is 2.39. The molecule has 150 valence electrons. The summed E-state index contributed by atoms with van der Waals surface area (Å²) in [5, 5.41) is 4.18. The summed E-state index contributed by atoms with van der Waals surface area (Å²) >= 11 is 3.08. The van der Waals surface area contributed by atoms with Gasteiger partial charge in [-0.15, -0.1) is 36.2 Å². The first-order valence-corrected chi connectivity index (χ1v) is 10.6. The molecule has 28 heavy (non-hydrogen) atoms. The minimum atomic E-state index is 0. The monoisotopic (exact) mass is 456 g/mol. The predicted octanol–water partition coefficient (Wildman–Crippen LogP) is 4.75. The lowest BCUT2D eigenvalue weighted by Crippen LogP contribution is -2.33. The topological polar surface area (TPSA) is 71.2 Å². The van der Waals surface area contributed by atoms with E-state index in [0.29, 0.717) is 11.8 Å². The summed E-state index contributed by atoms with van der Waals surface area (Å²) in [6.45, 7) is 1.67. The molecule has 3 N–H and O–H groups in total. The van der Waals surface area contributed by atoms with E-state index in [1.807, 2.05) is 41.3 Å². The van der Waals surface area contributed by atoms with Crippen molar-refractivity contribution in [1.82, 2.24) is 9.88 Å². The maximum Gasteiger partial charge on any atom is 0.264 e. The van der Waals surface area contributed by atoms with Crippen LogP contribution in [-0.4, -0.2) is 34.9 Å². The highest BCUT2D eigenvalue weighted by molar-refractivity contribution is 7.29. The number of thiophene rings is 1. The van der Waals surface area contributed by atoms with E-state index >= 15 is 0 Å². The number of thiazole rings is 1. The van der Waals surface area contributed by atoms with Crippen LogP contribution in [-0.2, 0) is 0 Å². The Morgan fingerprint density at radius 3 is 2.64 bits per heavy atom. The Hall–Kier alpha value is -1.38. The van der Waals surface area contributed by atoms with Gasteiger partial charge >= 0.3 is 0 Å². The van der Waals surface area contributed by atoms with E-state index in [2.05, 4.69) is 10.3 Å². The molecule has 0 spiro atoms. The van der Waals surface area contributed by atoms with Crippen molar-refractivity contribution in [2.24, 2.45) is 17.6 Å². The molecular weight excluding hydrogens is 435 g/mol. The zero-order chi connectivity index (χ0) is 17.7. The molecule has 1 aliphatic carbocycles. The van der Waals surface area contributed by atoms with Gasteiger partial charge in [-0.3, -0.25) is 4.79 Å². The summed E-state index contributed by atoms with van der Waals surface area (Å²) in [5.41, 5.74) is 7.21. The first-order chi connectivity index (χ1) is 12.7. The first-order valence-electron chi connectivity index (χ1n) is 8.94. The number of aromatic nitrogens is 1. The molecule has 5 nitrogen and oxygen atoms in total. The molecule has 0 radical (unpaired) electrons. The second-order valence-electron chi connectivity index (χ2n) is 7.17. The fourth-order valence-electron chi connectivity index (χ4n) is 4.17. The minimum absolute atomic E-state index is 0. The number of para-hydroxylation sites is 1. The van der Waals surface area contributed by atoms with Crippen LogP contribution in [0.1, 0.15) is 22.5 Å². The molecule has 3 heterocycles. The third-order valence-corrected chi connectivity index (χ3v) is 7.59. The van der Waals surface area contributed by atoms with Crippen LogP contribution in [0.25, 0.3) is 9.53 Å². The summed E-state index contributed by atoms with van der Waals surface area (Å²) in [7, 11) is 0. The van der Waals surface area contributed by atoms with Gasteiger partial charge in [-0.05, 0) is 42.9 Å². The molecule has 1 aliphatic heterocycles. The first kappa shape index (κ1) is 21.3. The molecule has 3 unspecified atom stereocenters. The van der Waals surface area contributed by atoms with Crippen LogP contribution in [0.5, 0.6) is 0 Å². The third kappa shape index (κ3) is 3.86. The van der Waals surface area contributed by atoms with Gasteiger partial charge in [0.05, 0.1) is 9.58 Å². The van der Waals surface area contributed by atoms with Crippen molar-refractivity contribution in [3.8, 4) is 0 Å². The van der Waals surface area contributed by atoms with Crippen molar-refractivity contribution >= 4 is 73.7 Å². The Bertz CT molecular complexity index is 930. The standard InChI is InChI=1S/C19H20N4OS2.2ClH/c20-14-7-6-11-9-23(10-13(11)14)18(24)16-8-15-17(25-16)22-19(26-15)21-12-4-2-1-3-5-12;;/h1-5,8,11,13-14H,6-7,9-10,20H2,(H,21,22);2*1H. The number of likely N-dealkylation sites (tertiary alicyclic amines) is 1. The molecule has 2 fully saturated rings. The number of fused-ring (bicyclic) bond motifs is 2. The van der Waals surface area contributed by atoms with Crippen LogP contribution in [0.3, 0.4) is 0 Å². The van der Waals surface area contributed by atoms with Gasteiger partial charge in [-0.25, -0.2) is 4.98 Å². The van der Waals surface area contributed by atoms with Crippen LogP contribution in [0.2, 0.25) is 0 Å². The van der Waals surface area contributed by atoms with E-state index in [4.69, 9.17) is 5.73 Å². The fourth-order valence-corrected chi connectivity index (χ4v) is 6.27. The molecule has 1 aromatic carbocycles. The lowest BCUT2D eigenvalue weighted by atomic mass is 9.98. The van der Waals surface area contributed by atoms with Gasteiger partial charge in [0.1, 0.15) is 4.83 Å². The summed E-state index contributed by atoms with van der Waals surface area (Å²) in [5.74, 6) is 1.22. The quantitative estimate of drug-likeness (QED) is 0.595. The van der Waals surface area contributed by atoms with Gasteiger partial charge in [0.2, 0.25) is 0 Å². The number of hydrogen-bond acceptors (Lipinski definition) is 6. The lowest BCUT2D eigenvalue weighted by Gasteiger charge is -2.17. The number of carbonyl (C=O) groups excluding carboxylic acids is 1. The highest BCUT2D eigenvalue weighted by atomic mass is 35.5. The van der Waals surface area contributed by atoms with Crippen LogP contribution >= 0.6 is 47.5 Å². The fraction of sp³-hybridized carbons (Fsp3) is 0.368.